The van der Waals surface area contributed by atoms with Gasteiger partial charge in [-0.1, -0.05) is 12.7 Å². The lowest BCUT2D eigenvalue weighted by atomic mass is 10.0. The van der Waals surface area contributed by atoms with Gasteiger partial charge >= 0.3 is 6.18 Å². The number of allylic oxidation sites excluding steroid dienone is 4. The Morgan fingerprint density at radius 1 is 1.43 bits per heavy atom. The van der Waals surface area contributed by atoms with E-state index >= 15 is 0 Å². The third-order valence-corrected chi connectivity index (χ3v) is 3.34. The molecule has 11 heteroatoms. The number of halogens is 3. The first-order valence-corrected chi connectivity index (χ1v) is 6.95. The van der Waals surface area contributed by atoms with Crippen LogP contribution in [0.3, 0.4) is 0 Å². The smallest absolute Gasteiger partial charge is 0.225 e. The SMILES string of the molecule is C=C(C)/C(=C(\C(=CC)C(F)(F)F)S(N)(=O)=O)c1nn[nH]n1. The minimum atomic E-state index is -4.93. The summed E-state index contributed by atoms with van der Waals surface area (Å²) in [6, 6.07) is 0. The van der Waals surface area contributed by atoms with E-state index in [0.29, 0.717) is 6.08 Å². The summed E-state index contributed by atoms with van der Waals surface area (Å²) in [7, 11) is -4.72. The van der Waals surface area contributed by atoms with Crippen LogP contribution in [0.1, 0.15) is 19.7 Å². The van der Waals surface area contributed by atoms with Gasteiger partial charge < -0.3 is 0 Å². The van der Waals surface area contributed by atoms with Gasteiger partial charge in [0.1, 0.15) is 4.91 Å². The average Bonchev–Trinajstić information content (AvgIpc) is 2.78. The van der Waals surface area contributed by atoms with E-state index in [-0.39, 0.29) is 11.4 Å². The van der Waals surface area contributed by atoms with E-state index in [2.05, 4.69) is 22.0 Å². The number of rotatable bonds is 4. The van der Waals surface area contributed by atoms with E-state index in [0.717, 1.165) is 6.92 Å². The molecule has 0 aliphatic heterocycles. The molecule has 0 amide bonds. The van der Waals surface area contributed by atoms with E-state index in [9.17, 15) is 21.6 Å². The summed E-state index contributed by atoms with van der Waals surface area (Å²) in [5, 5.41) is 17.1. The molecule has 0 bridgehead atoms. The van der Waals surface area contributed by atoms with Crippen LogP contribution in [0.15, 0.2) is 28.7 Å². The van der Waals surface area contributed by atoms with Gasteiger partial charge in [-0.15, -0.1) is 10.2 Å². The zero-order chi connectivity index (χ0) is 16.4. The molecule has 0 fully saturated rings. The van der Waals surface area contributed by atoms with Crippen molar-refractivity contribution in [3.63, 3.8) is 0 Å². The first-order valence-electron chi connectivity index (χ1n) is 5.40. The molecule has 0 aliphatic carbocycles. The van der Waals surface area contributed by atoms with Crippen LogP contribution >= 0.6 is 0 Å². The van der Waals surface area contributed by atoms with Crippen molar-refractivity contribution in [1.29, 1.82) is 0 Å². The van der Waals surface area contributed by atoms with Gasteiger partial charge in [0.25, 0.3) is 0 Å². The Labute approximate surface area is 118 Å². The number of hydrogen-bond acceptors (Lipinski definition) is 5. The standard InChI is InChI=1S/C10H12F3N5O2S/c1-4-6(10(11,12)13)8(21(14,19)20)7(5(2)3)9-15-17-18-16-9/h4H,2H2,1,3H3,(H2,14,19,20)(H,15,16,17,18)/b6-4?,8-7-. The van der Waals surface area contributed by atoms with Crippen LogP contribution in [-0.4, -0.2) is 35.2 Å². The normalized spacial score (nSPS) is 14.9. The largest absolute Gasteiger partial charge is 0.417 e. The second-order valence-corrected chi connectivity index (χ2v) is 5.46. The van der Waals surface area contributed by atoms with Gasteiger partial charge in [0.15, 0.2) is 0 Å². The first-order chi connectivity index (χ1) is 9.50. The van der Waals surface area contributed by atoms with E-state index in [1.807, 2.05) is 5.21 Å². The number of primary sulfonamides is 1. The maximum absolute atomic E-state index is 13.0. The quantitative estimate of drug-likeness (QED) is 0.810. The van der Waals surface area contributed by atoms with Crippen LogP contribution in [0.5, 0.6) is 0 Å². The minimum Gasteiger partial charge on any atom is -0.225 e. The van der Waals surface area contributed by atoms with E-state index in [4.69, 9.17) is 5.14 Å². The fourth-order valence-corrected chi connectivity index (χ4v) is 2.70. The Morgan fingerprint density at radius 2 is 2.00 bits per heavy atom. The maximum atomic E-state index is 13.0. The van der Waals surface area contributed by atoms with Crippen molar-refractivity contribution in [2.45, 2.75) is 20.0 Å². The Hall–Kier alpha value is -2.01. The molecular formula is C10H12F3N5O2S. The fraction of sp³-hybridized carbons (Fsp3) is 0.300. The van der Waals surface area contributed by atoms with Crippen molar-refractivity contribution in [1.82, 2.24) is 20.6 Å². The molecule has 3 N–H and O–H groups in total. The van der Waals surface area contributed by atoms with E-state index < -0.39 is 32.3 Å². The van der Waals surface area contributed by atoms with Crippen molar-refractivity contribution in [3.8, 4) is 0 Å². The fourth-order valence-electron chi connectivity index (χ4n) is 1.61. The summed E-state index contributed by atoms with van der Waals surface area (Å²) in [5.41, 5.74) is -1.88. The highest BCUT2D eigenvalue weighted by Crippen LogP contribution is 2.38. The maximum Gasteiger partial charge on any atom is 0.417 e. The first kappa shape index (κ1) is 17.0. The molecule has 0 atom stereocenters. The van der Waals surface area contributed by atoms with Crippen molar-refractivity contribution in [3.05, 3.63) is 34.5 Å². The molecule has 21 heavy (non-hydrogen) atoms. The molecule has 1 aromatic rings. The van der Waals surface area contributed by atoms with Crippen molar-refractivity contribution in [2.24, 2.45) is 5.14 Å². The lowest BCUT2D eigenvalue weighted by Gasteiger charge is -2.17. The predicted molar refractivity (Wildman–Crippen MR) is 68.8 cm³/mol. The highest BCUT2D eigenvalue weighted by atomic mass is 32.2. The zero-order valence-electron chi connectivity index (χ0n) is 11.1. The lowest BCUT2D eigenvalue weighted by molar-refractivity contribution is -0.0887. The Bertz CT molecular complexity index is 702. The molecular weight excluding hydrogens is 311 g/mol. The molecule has 0 spiro atoms. The van der Waals surface area contributed by atoms with Crippen molar-refractivity contribution in [2.75, 3.05) is 0 Å². The highest BCUT2D eigenvalue weighted by Gasteiger charge is 2.41. The third kappa shape index (κ3) is 3.76. The van der Waals surface area contributed by atoms with Gasteiger partial charge in [0, 0.05) is 5.57 Å². The zero-order valence-corrected chi connectivity index (χ0v) is 11.9. The summed E-state index contributed by atoms with van der Waals surface area (Å²) in [6.07, 6.45) is -4.33. The third-order valence-electron chi connectivity index (χ3n) is 2.35. The second kappa shape index (κ2) is 5.77. The number of nitrogens with one attached hydrogen (secondary N) is 1. The topological polar surface area (TPSA) is 115 Å². The molecule has 0 unspecified atom stereocenters. The van der Waals surface area contributed by atoms with Gasteiger partial charge in [-0.05, 0) is 24.6 Å². The van der Waals surface area contributed by atoms with Crippen molar-refractivity contribution < 1.29 is 21.6 Å². The molecule has 116 valence electrons. The van der Waals surface area contributed by atoms with E-state index in [1.165, 1.54) is 6.92 Å². The van der Waals surface area contributed by atoms with Gasteiger partial charge in [-0.3, -0.25) is 0 Å². The minimum absolute atomic E-state index is 0.0102. The van der Waals surface area contributed by atoms with Gasteiger partial charge in [-0.2, -0.15) is 18.4 Å². The summed E-state index contributed by atoms with van der Waals surface area (Å²) >= 11 is 0. The molecule has 1 heterocycles. The average molecular weight is 323 g/mol. The summed E-state index contributed by atoms with van der Waals surface area (Å²) in [6.45, 7) is 5.80. The van der Waals surface area contributed by atoms with Gasteiger partial charge in [0.05, 0.1) is 5.57 Å². The number of nitrogens with two attached hydrogens (primary N) is 1. The lowest BCUT2D eigenvalue weighted by Crippen LogP contribution is -2.25. The van der Waals surface area contributed by atoms with Gasteiger partial charge in [0.2, 0.25) is 15.8 Å². The summed E-state index contributed by atoms with van der Waals surface area (Å²) in [5.74, 6) is -0.352. The van der Waals surface area contributed by atoms with Crippen LogP contribution in [0.25, 0.3) is 5.57 Å². The number of alkyl halides is 3. The number of hydrogen-bond donors (Lipinski definition) is 2. The molecule has 0 saturated carbocycles. The highest BCUT2D eigenvalue weighted by molar-refractivity contribution is 7.93. The molecule has 0 aromatic carbocycles. The Balaban J connectivity index is 3.88. The predicted octanol–water partition coefficient (Wildman–Crippen LogP) is 1.28. The number of sulfonamides is 1. The number of aromatic nitrogens is 4. The number of H-pyrrole nitrogens is 1. The van der Waals surface area contributed by atoms with Gasteiger partial charge in [-0.25, -0.2) is 13.6 Å². The van der Waals surface area contributed by atoms with Crippen LogP contribution < -0.4 is 5.14 Å². The number of tetrazole rings is 1. The molecule has 1 aromatic heterocycles. The number of aromatic amines is 1. The molecule has 0 radical (unpaired) electrons. The summed E-state index contributed by atoms with van der Waals surface area (Å²) < 4.78 is 62.5. The van der Waals surface area contributed by atoms with Crippen molar-refractivity contribution >= 4 is 15.6 Å². The molecule has 0 aliphatic rings. The molecule has 1 rings (SSSR count). The number of nitrogens with zero attached hydrogens (tertiary/aromatic N) is 3. The van der Waals surface area contributed by atoms with Crippen LogP contribution in [0.4, 0.5) is 13.2 Å². The molecule has 7 nitrogen and oxygen atoms in total. The summed E-state index contributed by atoms with van der Waals surface area (Å²) in [4.78, 5) is -1.15. The van der Waals surface area contributed by atoms with Crippen LogP contribution in [0, 0.1) is 0 Å². The second-order valence-electron chi connectivity index (χ2n) is 3.96. The van der Waals surface area contributed by atoms with E-state index in [1.54, 1.807) is 0 Å². The van der Waals surface area contributed by atoms with Crippen LogP contribution in [-0.2, 0) is 10.0 Å². The monoisotopic (exact) mass is 323 g/mol. The van der Waals surface area contributed by atoms with Crippen LogP contribution in [0.2, 0.25) is 0 Å². The Kier molecular flexibility index (Phi) is 4.69. The molecule has 0 saturated heterocycles. The Morgan fingerprint density at radius 3 is 2.29 bits per heavy atom.